The second-order valence-corrected chi connectivity index (χ2v) is 22.5. The number of aromatic amines is 1. The molecule has 3 N–H and O–H groups in total. The van der Waals surface area contributed by atoms with Crippen molar-refractivity contribution in [3.05, 3.63) is 124 Å². The zero-order chi connectivity index (χ0) is 60.7. The monoisotopic (exact) mass is 1160 g/mol. The molecule has 0 saturated heterocycles. The second kappa shape index (κ2) is 29.7. The molecule has 2 amide bonds. The summed E-state index contributed by atoms with van der Waals surface area (Å²) in [7, 11) is 0. The zero-order valence-electron chi connectivity index (χ0n) is 51.4. The first-order valence-corrected chi connectivity index (χ1v) is 27.2. The molecule has 22 nitrogen and oxygen atoms in total. The normalized spacial score (nSPS) is 13.8. The molecule has 22 heteroatoms. The Morgan fingerprint density at radius 1 is 0.571 bits per heavy atom. The van der Waals surface area contributed by atoms with Gasteiger partial charge in [0.2, 0.25) is 5.91 Å². The van der Waals surface area contributed by atoms with E-state index in [2.05, 4.69) is 155 Å². The van der Waals surface area contributed by atoms with E-state index in [-0.39, 0.29) is 69.5 Å². The predicted octanol–water partition coefficient (Wildman–Crippen LogP) is 12.5. The quantitative estimate of drug-likeness (QED) is 0.136. The summed E-state index contributed by atoms with van der Waals surface area (Å²) in [6.45, 7) is 49.9. The van der Waals surface area contributed by atoms with Crippen LogP contribution >= 0.6 is 0 Å². The van der Waals surface area contributed by atoms with E-state index in [1.165, 1.54) is 5.57 Å². The predicted molar refractivity (Wildman–Crippen MR) is 342 cm³/mol. The fourth-order valence-electron chi connectivity index (χ4n) is 8.56. The van der Waals surface area contributed by atoms with Gasteiger partial charge in [0.1, 0.15) is 46.1 Å². The Bertz CT molecular complexity index is 3530. The van der Waals surface area contributed by atoms with E-state index in [1.54, 1.807) is 37.6 Å². The SMILES string of the molecule is C.C.C.C=C1N=C(C)C(C)=CN1C(C)C.C=C1NC(=O)c2ncn(C(C)(C)C)c2N1.CC1=CN(C(C)C)C(=O)CC1=O.Cc1nc(C)c2ccn(C(C)C)c2n1.Cc1nc(C)c2ncn(C(C)C)c2n1.Cc1nc2c(ncn2C(C)C)c(=O)[nH]1. The Labute approximate surface area is 497 Å². The number of anilines is 1. The van der Waals surface area contributed by atoms with Gasteiger partial charge in [-0.3, -0.25) is 19.2 Å². The van der Waals surface area contributed by atoms with Gasteiger partial charge in [0.15, 0.2) is 28.3 Å². The van der Waals surface area contributed by atoms with E-state index in [9.17, 15) is 19.2 Å². The van der Waals surface area contributed by atoms with Crippen LogP contribution in [0.3, 0.4) is 0 Å². The van der Waals surface area contributed by atoms with Gasteiger partial charge in [-0.2, -0.15) is 0 Å². The molecule has 3 aliphatic heterocycles. The molecular formula is C62H96N18O4. The van der Waals surface area contributed by atoms with Crippen LogP contribution in [0.25, 0.3) is 33.4 Å². The molecule has 0 saturated carbocycles. The topological polar surface area (TPSA) is 250 Å². The van der Waals surface area contributed by atoms with Crippen molar-refractivity contribution in [2.24, 2.45) is 4.99 Å². The number of imidazole rings is 3. The number of aromatic nitrogens is 13. The van der Waals surface area contributed by atoms with Crippen LogP contribution in [0.5, 0.6) is 0 Å². The summed E-state index contributed by atoms with van der Waals surface area (Å²) in [6, 6.07) is 3.75. The van der Waals surface area contributed by atoms with Gasteiger partial charge in [0.05, 0.1) is 36.8 Å². The average Bonchev–Trinajstić information content (AvgIpc) is 3.58. The van der Waals surface area contributed by atoms with Gasteiger partial charge in [-0.1, -0.05) is 35.4 Å². The molecule has 458 valence electrons. The summed E-state index contributed by atoms with van der Waals surface area (Å²) in [5.74, 6) is 3.93. The van der Waals surface area contributed by atoms with E-state index < -0.39 is 0 Å². The summed E-state index contributed by atoms with van der Waals surface area (Å²) in [5.41, 5.74) is 9.04. The maximum absolute atomic E-state index is 11.5. The van der Waals surface area contributed by atoms with E-state index in [0.717, 1.165) is 56.8 Å². The first kappa shape index (κ1) is 71.7. The number of rotatable bonds is 5. The molecule has 7 aromatic rings. The van der Waals surface area contributed by atoms with Crippen molar-refractivity contribution in [2.75, 3.05) is 5.32 Å². The summed E-state index contributed by atoms with van der Waals surface area (Å²) < 4.78 is 8.05. The number of nitrogens with one attached hydrogen (secondary N) is 3. The molecule has 0 bridgehead atoms. The van der Waals surface area contributed by atoms with Gasteiger partial charge in [0, 0.05) is 71.0 Å². The minimum atomic E-state index is -0.211. The number of allylic oxidation sites excluding steroid dienone is 2. The number of hydrogen-bond donors (Lipinski definition) is 3. The number of amides is 2. The molecule has 0 aromatic carbocycles. The Kier molecular flexibility index (Phi) is 25.3. The molecule has 0 radical (unpaired) electrons. The van der Waals surface area contributed by atoms with Crippen LogP contribution in [0.2, 0.25) is 0 Å². The van der Waals surface area contributed by atoms with Crippen LogP contribution in [0.15, 0.2) is 89.4 Å². The maximum atomic E-state index is 11.5. The third-order valence-electron chi connectivity index (χ3n) is 13.0. The van der Waals surface area contributed by atoms with Crippen LogP contribution in [0.1, 0.15) is 197 Å². The lowest BCUT2D eigenvalue weighted by Crippen LogP contribution is -2.37. The van der Waals surface area contributed by atoms with Crippen LogP contribution in [-0.2, 0) is 15.1 Å². The lowest BCUT2D eigenvalue weighted by molar-refractivity contribution is -0.134. The van der Waals surface area contributed by atoms with Gasteiger partial charge in [0.25, 0.3) is 11.5 Å². The number of H-pyrrole nitrogens is 1. The highest BCUT2D eigenvalue weighted by Crippen LogP contribution is 2.27. The number of carbonyl (C=O) groups is 3. The highest BCUT2D eigenvalue weighted by molar-refractivity contribution is 6.09. The third kappa shape index (κ3) is 17.3. The molecule has 3 aliphatic rings. The van der Waals surface area contributed by atoms with E-state index in [4.69, 9.17) is 0 Å². The number of aryl methyl sites for hydroxylation is 5. The van der Waals surface area contributed by atoms with Crippen molar-refractivity contribution < 1.29 is 14.4 Å². The number of carbonyl (C=O) groups excluding carboxylic acids is 3. The van der Waals surface area contributed by atoms with Crippen LogP contribution in [-0.4, -0.2) is 108 Å². The molecule has 0 spiro atoms. The van der Waals surface area contributed by atoms with E-state index >= 15 is 0 Å². The van der Waals surface area contributed by atoms with Crippen LogP contribution in [0.4, 0.5) is 5.82 Å². The molecule has 10 heterocycles. The molecule has 7 aromatic heterocycles. The standard InChI is InChI=1S/C11H15N3.C10H14N4O.C10H14N4.C10H16N2.C9H12N4O.C9H13NO2.3CH4/c1-7(2)14-6-5-10-8(3)12-9(4)13-11(10)14;1-6-12-8-7(9(15)13-6)11-5-14(8)10(2,3)4;1-6(2)14-5-11-9-7(3)12-8(4)13-10(9)14;1-7(2)12-6-8(3)9(4)11-10(12)5;1-5(2)13-4-10-7-8(13)11-6(3)12-9(7)14;1-6(2)10-5-7(3)8(11)4-9(10)12;;;/h5-7H,1-4H3;5,12H,1H2,2-4H3,(H,13,15);5-6H,1-4H3;6-7H,5H2,1-4H3;4-5H,1-3H3,(H,11,12,14);5-6H,4H2,1-3H3;3*1H4. The number of hydrogen-bond acceptors (Lipinski definition) is 15. The Morgan fingerprint density at radius 2 is 1.08 bits per heavy atom. The van der Waals surface area contributed by atoms with Crippen molar-refractivity contribution in [1.29, 1.82) is 0 Å². The van der Waals surface area contributed by atoms with Gasteiger partial charge in [-0.05, 0) is 157 Å². The minimum Gasteiger partial charge on any atom is -0.331 e. The minimum absolute atomic E-state index is 0. The lowest BCUT2D eigenvalue weighted by atomic mass is 10.1. The first-order valence-electron chi connectivity index (χ1n) is 27.2. The number of aliphatic imine (C=N–C) groups is 1. The van der Waals surface area contributed by atoms with Crippen LogP contribution in [0, 0.1) is 34.6 Å². The van der Waals surface area contributed by atoms with Crippen molar-refractivity contribution in [1.82, 2.24) is 78.2 Å². The Morgan fingerprint density at radius 3 is 1.62 bits per heavy atom. The van der Waals surface area contributed by atoms with Crippen molar-refractivity contribution >= 4 is 62.5 Å². The van der Waals surface area contributed by atoms with Gasteiger partial charge < -0.3 is 43.7 Å². The smallest absolute Gasteiger partial charge is 0.279 e. The number of fused-ring (bicyclic) bond motifs is 4. The molecule has 10 rings (SSSR count). The fraction of sp³-hybridized carbons (Fsp3) is 0.500. The zero-order valence-corrected chi connectivity index (χ0v) is 51.4. The molecule has 84 heavy (non-hydrogen) atoms. The molecule has 0 unspecified atom stereocenters. The fourth-order valence-corrected chi connectivity index (χ4v) is 8.56. The summed E-state index contributed by atoms with van der Waals surface area (Å²) >= 11 is 0. The first-order chi connectivity index (χ1) is 37.7. The van der Waals surface area contributed by atoms with Gasteiger partial charge in [-0.25, -0.2) is 44.9 Å². The molecule has 0 atom stereocenters. The summed E-state index contributed by atoms with van der Waals surface area (Å²) in [6.07, 6.45) is 11.0. The summed E-state index contributed by atoms with van der Waals surface area (Å²) in [5, 5.41) is 6.76. The van der Waals surface area contributed by atoms with Crippen molar-refractivity contribution in [3.8, 4) is 0 Å². The Hall–Kier alpha value is -8.43. The van der Waals surface area contributed by atoms with Crippen LogP contribution < -0.4 is 16.2 Å². The van der Waals surface area contributed by atoms with Gasteiger partial charge in [-0.15, -0.1) is 0 Å². The number of ketones is 1. The highest BCUT2D eigenvalue weighted by Gasteiger charge is 2.28. The largest absolute Gasteiger partial charge is 0.331 e. The van der Waals surface area contributed by atoms with Gasteiger partial charge >= 0.3 is 0 Å². The third-order valence-corrected chi connectivity index (χ3v) is 13.0. The summed E-state index contributed by atoms with van der Waals surface area (Å²) in [4.78, 5) is 90.2. The molecular weight excluding hydrogens is 1060 g/mol. The molecule has 0 fully saturated rings. The van der Waals surface area contributed by atoms with E-state index in [1.807, 2.05) is 98.5 Å². The number of nitrogens with zero attached hydrogens (tertiary/aromatic N) is 15. The maximum Gasteiger partial charge on any atom is 0.279 e. The van der Waals surface area contributed by atoms with Crippen molar-refractivity contribution in [2.45, 2.75) is 210 Å². The van der Waals surface area contributed by atoms with E-state index in [0.29, 0.717) is 58.0 Å². The molecule has 0 aliphatic carbocycles. The Balaban J connectivity index is 0.000000342. The average molecular weight is 1160 g/mol. The second-order valence-electron chi connectivity index (χ2n) is 22.5. The highest BCUT2D eigenvalue weighted by atomic mass is 16.2. The van der Waals surface area contributed by atoms with Crippen molar-refractivity contribution in [3.63, 3.8) is 0 Å². The lowest BCUT2D eigenvalue weighted by Gasteiger charge is -2.28. The number of Topliss-reactive ketones (excluding diaryl/α,β-unsaturated/α-hetero) is 1.